The Kier molecular flexibility index (Phi) is 3.95. The molecule has 3 N–H and O–H groups in total. The number of aryl methyl sites for hydroxylation is 2. The van der Waals surface area contributed by atoms with E-state index < -0.39 is 0 Å². The molecular weight excluding hydrogens is 236 g/mol. The topological polar surface area (TPSA) is 47.3 Å². The number of para-hydroxylation sites is 1. The van der Waals surface area contributed by atoms with Crippen molar-refractivity contribution in [1.29, 1.82) is 0 Å². The quantitative estimate of drug-likeness (QED) is 0.823. The van der Waals surface area contributed by atoms with Gasteiger partial charge in [0.25, 0.3) is 0 Å². The highest BCUT2D eigenvalue weighted by Gasteiger charge is 2.05. The van der Waals surface area contributed by atoms with Crippen LogP contribution in [0.5, 0.6) is 5.75 Å². The highest BCUT2D eigenvalue weighted by atomic mass is 16.5. The first kappa shape index (κ1) is 13.3. The zero-order valence-corrected chi connectivity index (χ0v) is 11.7. The Balaban J connectivity index is 2.17. The van der Waals surface area contributed by atoms with E-state index in [0.29, 0.717) is 6.54 Å². The van der Waals surface area contributed by atoms with Crippen molar-refractivity contribution in [3.05, 3.63) is 53.1 Å². The molecule has 0 spiro atoms. The third-order valence-corrected chi connectivity index (χ3v) is 3.33. The summed E-state index contributed by atoms with van der Waals surface area (Å²) in [6.45, 7) is 4.84. The smallest absolute Gasteiger partial charge is 0.123 e. The maximum atomic E-state index is 6.03. The minimum atomic E-state index is 0.691. The Labute approximate surface area is 114 Å². The summed E-state index contributed by atoms with van der Waals surface area (Å²) >= 11 is 0. The van der Waals surface area contributed by atoms with Crippen molar-refractivity contribution in [3.8, 4) is 5.75 Å². The SMILES string of the molecule is COc1ccccc1CNc1cc(C)c(C)cc1N. The highest BCUT2D eigenvalue weighted by molar-refractivity contribution is 5.68. The van der Waals surface area contributed by atoms with Crippen LogP contribution in [0.4, 0.5) is 11.4 Å². The van der Waals surface area contributed by atoms with Crippen LogP contribution in [0, 0.1) is 13.8 Å². The molecule has 19 heavy (non-hydrogen) atoms. The Morgan fingerprint density at radius 2 is 1.79 bits per heavy atom. The third kappa shape index (κ3) is 2.99. The fraction of sp³-hybridized carbons (Fsp3) is 0.250. The van der Waals surface area contributed by atoms with E-state index in [1.54, 1.807) is 7.11 Å². The highest BCUT2D eigenvalue weighted by Crippen LogP contribution is 2.25. The molecule has 0 amide bonds. The molecule has 3 heteroatoms. The summed E-state index contributed by atoms with van der Waals surface area (Å²) in [7, 11) is 1.68. The van der Waals surface area contributed by atoms with E-state index in [4.69, 9.17) is 10.5 Å². The molecule has 0 atom stereocenters. The van der Waals surface area contributed by atoms with E-state index in [9.17, 15) is 0 Å². The molecule has 0 radical (unpaired) electrons. The van der Waals surface area contributed by atoms with Gasteiger partial charge in [-0.2, -0.15) is 0 Å². The minimum Gasteiger partial charge on any atom is -0.496 e. The van der Waals surface area contributed by atoms with Crippen molar-refractivity contribution < 1.29 is 4.74 Å². The average Bonchev–Trinajstić information content (AvgIpc) is 2.41. The molecule has 0 heterocycles. The molecule has 0 aliphatic carbocycles. The van der Waals surface area contributed by atoms with Crippen LogP contribution in [0.25, 0.3) is 0 Å². The Morgan fingerprint density at radius 3 is 2.53 bits per heavy atom. The molecule has 0 aliphatic rings. The lowest BCUT2D eigenvalue weighted by Gasteiger charge is -2.13. The maximum Gasteiger partial charge on any atom is 0.123 e. The second-order valence-electron chi connectivity index (χ2n) is 4.69. The lowest BCUT2D eigenvalue weighted by atomic mass is 10.1. The predicted octanol–water partition coefficient (Wildman–Crippen LogP) is 3.51. The van der Waals surface area contributed by atoms with Crippen molar-refractivity contribution in [2.24, 2.45) is 0 Å². The third-order valence-electron chi connectivity index (χ3n) is 3.33. The maximum absolute atomic E-state index is 6.03. The van der Waals surface area contributed by atoms with Crippen molar-refractivity contribution in [1.82, 2.24) is 0 Å². The summed E-state index contributed by atoms with van der Waals surface area (Å²) < 4.78 is 5.34. The molecule has 0 fully saturated rings. The zero-order valence-electron chi connectivity index (χ0n) is 11.7. The van der Waals surface area contributed by atoms with Gasteiger partial charge in [0.15, 0.2) is 0 Å². The van der Waals surface area contributed by atoms with Crippen LogP contribution in [0.15, 0.2) is 36.4 Å². The zero-order chi connectivity index (χ0) is 13.8. The van der Waals surface area contributed by atoms with Crippen LogP contribution in [0.3, 0.4) is 0 Å². The van der Waals surface area contributed by atoms with Gasteiger partial charge in [-0.1, -0.05) is 18.2 Å². The molecule has 2 rings (SSSR count). The summed E-state index contributed by atoms with van der Waals surface area (Å²) in [5.74, 6) is 0.886. The van der Waals surface area contributed by atoms with Crippen LogP contribution in [-0.4, -0.2) is 7.11 Å². The van der Waals surface area contributed by atoms with E-state index in [-0.39, 0.29) is 0 Å². The number of nitrogens with one attached hydrogen (secondary N) is 1. The first-order valence-electron chi connectivity index (χ1n) is 6.34. The van der Waals surface area contributed by atoms with Gasteiger partial charge >= 0.3 is 0 Å². The van der Waals surface area contributed by atoms with Crippen molar-refractivity contribution in [2.45, 2.75) is 20.4 Å². The number of nitrogens with two attached hydrogens (primary N) is 1. The molecule has 0 aliphatic heterocycles. The van der Waals surface area contributed by atoms with E-state index in [0.717, 1.165) is 22.7 Å². The van der Waals surface area contributed by atoms with Crippen LogP contribution in [0.1, 0.15) is 16.7 Å². The number of ether oxygens (including phenoxy) is 1. The van der Waals surface area contributed by atoms with E-state index in [1.165, 1.54) is 11.1 Å². The summed E-state index contributed by atoms with van der Waals surface area (Å²) in [6, 6.07) is 12.1. The van der Waals surface area contributed by atoms with Gasteiger partial charge in [-0.25, -0.2) is 0 Å². The number of rotatable bonds is 4. The minimum absolute atomic E-state index is 0.691. The van der Waals surface area contributed by atoms with Gasteiger partial charge in [0.05, 0.1) is 18.5 Å². The number of hydrogen-bond acceptors (Lipinski definition) is 3. The Morgan fingerprint density at radius 1 is 1.11 bits per heavy atom. The standard InChI is InChI=1S/C16H20N2O/c1-11-8-14(17)15(9-12(11)2)18-10-13-6-4-5-7-16(13)19-3/h4-9,18H,10,17H2,1-3H3. The monoisotopic (exact) mass is 256 g/mol. The van der Waals surface area contributed by atoms with E-state index in [1.807, 2.05) is 30.3 Å². The fourth-order valence-electron chi connectivity index (χ4n) is 2.03. The second-order valence-corrected chi connectivity index (χ2v) is 4.69. The van der Waals surface area contributed by atoms with Crippen molar-refractivity contribution in [3.63, 3.8) is 0 Å². The van der Waals surface area contributed by atoms with Crippen molar-refractivity contribution >= 4 is 11.4 Å². The van der Waals surface area contributed by atoms with Crippen LogP contribution >= 0.6 is 0 Å². The second kappa shape index (κ2) is 5.65. The molecule has 0 saturated heterocycles. The number of benzene rings is 2. The first-order chi connectivity index (χ1) is 9.11. The molecule has 100 valence electrons. The van der Waals surface area contributed by atoms with Crippen molar-refractivity contribution in [2.75, 3.05) is 18.2 Å². The van der Waals surface area contributed by atoms with E-state index in [2.05, 4.69) is 25.2 Å². The lowest BCUT2D eigenvalue weighted by Crippen LogP contribution is -2.04. The number of hydrogen-bond donors (Lipinski definition) is 2. The number of methoxy groups -OCH3 is 1. The van der Waals surface area contributed by atoms with Gasteiger partial charge in [0.2, 0.25) is 0 Å². The van der Waals surface area contributed by atoms with Gasteiger partial charge in [-0.15, -0.1) is 0 Å². The van der Waals surface area contributed by atoms with Crippen LogP contribution in [-0.2, 0) is 6.54 Å². The number of anilines is 2. The summed E-state index contributed by atoms with van der Waals surface area (Å²) in [6.07, 6.45) is 0. The Hall–Kier alpha value is -2.16. The molecule has 2 aromatic carbocycles. The van der Waals surface area contributed by atoms with Gasteiger partial charge < -0.3 is 15.8 Å². The van der Waals surface area contributed by atoms with Gasteiger partial charge in [0, 0.05) is 12.1 Å². The largest absolute Gasteiger partial charge is 0.496 e. The Bertz CT molecular complexity index is 579. The first-order valence-corrected chi connectivity index (χ1v) is 6.34. The summed E-state index contributed by atoms with van der Waals surface area (Å²) in [5.41, 5.74) is 11.3. The molecule has 0 saturated carbocycles. The van der Waals surface area contributed by atoms with Gasteiger partial charge in [0.1, 0.15) is 5.75 Å². The normalized spacial score (nSPS) is 10.3. The molecule has 0 unspecified atom stereocenters. The molecule has 3 nitrogen and oxygen atoms in total. The predicted molar refractivity (Wildman–Crippen MR) is 80.6 cm³/mol. The molecule has 0 aromatic heterocycles. The molecule has 0 bridgehead atoms. The fourth-order valence-corrected chi connectivity index (χ4v) is 2.03. The molecule has 2 aromatic rings. The lowest BCUT2D eigenvalue weighted by molar-refractivity contribution is 0.410. The molecular formula is C16H20N2O. The average molecular weight is 256 g/mol. The van der Waals surface area contributed by atoms with E-state index >= 15 is 0 Å². The summed E-state index contributed by atoms with van der Waals surface area (Å²) in [4.78, 5) is 0. The number of nitrogen functional groups attached to an aromatic ring is 1. The van der Waals surface area contributed by atoms with Gasteiger partial charge in [-0.05, 0) is 43.2 Å². The van der Waals surface area contributed by atoms with Crippen LogP contribution in [0.2, 0.25) is 0 Å². The summed E-state index contributed by atoms with van der Waals surface area (Å²) in [5, 5.41) is 3.37. The van der Waals surface area contributed by atoms with Crippen LogP contribution < -0.4 is 15.8 Å². The van der Waals surface area contributed by atoms with Gasteiger partial charge in [-0.3, -0.25) is 0 Å².